The molecule has 0 aliphatic heterocycles. The minimum absolute atomic E-state index is 0.398. The van der Waals surface area contributed by atoms with Crippen molar-refractivity contribution in [3.05, 3.63) is 28.3 Å². The van der Waals surface area contributed by atoms with Crippen LogP contribution in [0.5, 0.6) is 5.75 Å². The van der Waals surface area contributed by atoms with E-state index in [4.69, 9.17) is 23.2 Å². The molecule has 0 radical (unpaired) electrons. The van der Waals surface area contributed by atoms with Crippen molar-refractivity contribution in [1.29, 1.82) is 0 Å². The second kappa shape index (κ2) is 4.51. The van der Waals surface area contributed by atoms with E-state index in [1.165, 1.54) is 0 Å². The van der Waals surface area contributed by atoms with Crippen LogP contribution < -0.4 is 0 Å². The Hall–Kier alpha value is -0.940. The molecule has 0 fully saturated rings. The van der Waals surface area contributed by atoms with Crippen LogP contribution in [-0.2, 0) is 6.18 Å². The lowest BCUT2D eigenvalue weighted by Crippen LogP contribution is -2.08. The summed E-state index contributed by atoms with van der Waals surface area (Å²) >= 11 is 10.7. The predicted molar refractivity (Wildman–Crippen MR) is 53.2 cm³/mol. The summed E-state index contributed by atoms with van der Waals surface area (Å²) in [5.41, 5.74) is -1.52. The van der Waals surface area contributed by atoms with Gasteiger partial charge in [0.1, 0.15) is 5.75 Å². The molecule has 0 amide bonds. The number of hydrogen-bond acceptors (Lipinski definition) is 2. The number of phenols is 1. The zero-order valence-electron chi connectivity index (χ0n) is 7.61. The third kappa shape index (κ3) is 2.59. The third-order valence-corrected chi connectivity index (χ3v) is 2.34. The van der Waals surface area contributed by atoms with Crippen molar-refractivity contribution in [2.75, 3.05) is 5.88 Å². The number of halogens is 5. The maximum Gasteiger partial charge on any atom is 0.416 e. The SMILES string of the molecule is O=C(CCl)c1c(O)cc(C(F)(F)F)cc1Cl. The van der Waals surface area contributed by atoms with E-state index < -0.39 is 39.7 Å². The molecule has 0 saturated carbocycles. The molecule has 7 heteroatoms. The van der Waals surface area contributed by atoms with Gasteiger partial charge in [0.05, 0.1) is 22.0 Å². The van der Waals surface area contributed by atoms with Gasteiger partial charge in [-0.05, 0) is 12.1 Å². The molecule has 16 heavy (non-hydrogen) atoms. The van der Waals surface area contributed by atoms with E-state index in [0.717, 1.165) is 0 Å². The summed E-state index contributed by atoms with van der Waals surface area (Å²) < 4.78 is 36.8. The zero-order valence-corrected chi connectivity index (χ0v) is 9.12. The average Bonchev–Trinajstić information content (AvgIpc) is 2.14. The Balaban J connectivity index is 3.34. The van der Waals surface area contributed by atoms with Gasteiger partial charge in [0.25, 0.3) is 0 Å². The number of benzene rings is 1. The van der Waals surface area contributed by atoms with Gasteiger partial charge in [-0.2, -0.15) is 13.2 Å². The van der Waals surface area contributed by atoms with Crippen LogP contribution in [0.25, 0.3) is 0 Å². The average molecular weight is 273 g/mol. The first-order chi connectivity index (χ1) is 7.27. The number of rotatable bonds is 2. The van der Waals surface area contributed by atoms with Gasteiger partial charge in [0.15, 0.2) is 5.78 Å². The minimum Gasteiger partial charge on any atom is -0.507 e. The lowest BCUT2D eigenvalue weighted by molar-refractivity contribution is -0.137. The number of alkyl halides is 4. The van der Waals surface area contributed by atoms with Crippen LogP contribution in [0, 0.1) is 0 Å². The fourth-order valence-corrected chi connectivity index (χ4v) is 1.55. The van der Waals surface area contributed by atoms with Crippen molar-refractivity contribution < 1.29 is 23.1 Å². The van der Waals surface area contributed by atoms with Gasteiger partial charge in [0.2, 0.25) is 0 Å². The predicted octanol–water partition coefficient (Wildman–Crippen LogP) is 3.49. The number of carbonyl (C=O) groups is 1. The molecule has 1 N–H and O–H groups in total. The number of hydrogen-bond donors (Lipinski definition) is 1. The molecular weight excluding hydrogens is 268 g/mol. The molecule has 2 nitrogen and oxygen atoms in total. The first-order valence-corrected chi connectivity index (χ1v) is 4.87. The quantitative estimate of drug-likeness (QED) is 0.661. The Morgan fingerprint density at radius 3 is 2.31 bits per heavy atom. The van der Waals surface area contributed by atoms with Gasteiger partial charge in [0, 0.05) is 0 Å². The number of Topliss-reactive ketones (excluding diaryl/α,β-unsaturated/α-hetero) is 1. The topological polar surface area (TPSA) is 37.3 Å². The van der Waals surface area contributed by atoms with Gasteiger partial charge in [-0.3, -0.25) is 4.79 Å². The van der Waals surface area contributed by atoms with Crippen LogP contribution in [0.15, 0.2) is 12.1 Å². The van der Waals surface area contributed by atoms with E-state index in [-0.39, 0.29) is 0 Å². The van der Waals surface area contributed by atoms with Gasteiger partial charge in [-0.25, -0.2) is 0 Å². The van der Waals surface area contributed by atoms with E-state index in [0.29, 0.717) is 12.1 Å². The highest BCUT2D eigenvalue weighted by atomic mass is 35.5. The van der Waals surface area contributed by atoms with E-state index in [9.17, 15) is 23.1 Å². The summed E-state index contributed by atoms with van der Waals surface area (Å²) in [5, 5.41) is 8.80. The van der Waals surface area contributed by atoms with Gasteiger partial charge < -0.3 is 5.11 Å². The molecule has 0 atom stereocenters. The highest BCUT2D eigenvalue weighted by Crippen LogP contribution is 2.36. The highest BCUT2D eigenvalue weighted by Gasteiger charge is 2.32. The van der Waals surface area contributed by atoms with Crippen molar-refractivity contribution in [3.63, 3.8) is 0 Å². The smallest absolute Gasteiger partial charge is 0.416 e. The summed E-state index contributed by atoms with van der Waals surface area (Å²) in [5.74, 6) is -2.04. The van der Waals surface area contributed by atoms with Gasteiger partial charge in [-0.1, -0.05) is 11.6 Å². The molecule has 0 bridgehead atoms. The monoisotopic (exact) mass is 272 g/mol. The van der Waals surface area contributed by atoms with Crippen LogP contribution in [-0.4, -0.2) is 16.8 Å². The largest absolute Gasteiger partial charge is 0.507 e. The molecule has 88 valence electrons. The summed E-state index contributed by atoms with van der Waals surface area (Å²) in [4.78, 5) is 11.2. The molecule has 0 spiro atoms. The lowest BCUT2D eigenvalue weighted by Gasteiger charge is -2.10. The highest BCUT2D eigenvalue weighted by molar-refractivity contribution is 6.37. The molecule has 1 rings (SSSR count). The van der Waals surface area contributed by atoms with E-state index in [1.54, 1.807) is 0 Å². The number of carbonyl (C=O) groups excluding carboxylic acids is 1. The van der Waals surface area contributed by atoms with E-state index >= 15 is 0 Å². The molecule has 0 saturated heterocycles. The van der Waals surface area contributed by atoms with Crippen molar-refractivity contribution in [2.45, 2.75) is 6.18 Å². The molecule has 1 aromatic rings. The summed E-state index contributed by atoms with van der Waals surface area (Å²) in [7, 11) is 0. The van der Waals surface area contributed by atoms with Crippen LogP contribution in [0.4, 0.5) is 13.2 Å². The minimum atomic E-state index is -4.64. The number of phenolic OH excluding ortho intramolecular Hbond substituents is 1. The standard InChI is InChI=1S/C9H5Cl2F3O2/c10-3-7(16)8-5(11)1-4(2-6(8)15)9(12,13)14/h1-2,15H,3H2. The Morgan fingerprint density at radius 2 is 1.94 bits per heavy atom. The van der Waals surface area contributed by atoms with Crippen molar-refractivity contribution >= 4 is 29.0 Å². The van der Waals surface area contributed by atoms with Crippen LogP contribution in [0.2, 0.25) is 5.02 Å². The van der Waals surface area contributed by atoms with E-state index in [1.807, 2.05) is 0 Å². The Bertz CT molecular complexity index is 406. The molecule has 1 aromatic carbocycles. The summed E-state index contributed by atoms with van der Waals surface area (Å²) in [6.45, 7) is 0. The Morgan fingerprint density at radius 1 is 1.38 bits per heavy atom. The van der Waals surface area contributed by atoms with Gasteiger partial charge >= 0.3 is 6.18 Å². The van der Waals surface area contributed by atoms with Crippen molar-refractivity contribution in [1.82, 2.24) is 0 Å². The number of aromatic hydroxyl groups is 1. The first kappa shape index (κ1) is 13.1. The molecule has 0 heterocycles. The Kier molecular flexibility index (Phi) is 3.70. The van der Waals surface area contributed by atoms with Crippen LogP contribution in [0.1, 0.15) is 15.9 Å². The normalized spacial score (nSPS) is 11.6. The molecule has 0 aromatic heterocycles. The molecule has 0 aliphatic carbocycles. The third-order valence-electron chi connectivity index (χ3n) is 1.80. The maximum atomic E-state index is 12.3. The summed E-state index contributed by atoms with van der Waals surface area (Å²) in [6.07, 6.45) is -4.64. The van der Waals surface area contributed by atoms with Crippen LogP contribution in [0.3, 0.4) is 0 Å². The van der Waals surface area contributed by atoms with Gasteiger partial charge in [-0.15, -0.1) is 11.6 Å². The fraction of sp³-hybridized carbons (Fsp3) is 0.222. The molecular formula is C9H5Cl2F3O2. The van der Waals surface area contributed by atoms with Crippen molar-refractivity contribution in [3.8, 4) is 5.75 Å². The second-order valence-corrected chi connectivity index (χ2v) is 3.58. The van der Waals surface area contributed by atoms with Crippen LogP contribution >= 0.6 is 23.2 Å². The lowest BCUT2D eigenvalue weighted by atomic mass is 10.1. The molecule has 0 unspecified atom stereocenters. The zero-order chi connectivity index (χ0) is 12.5. The Labute approximate surface area is 98.6 Å². The molecule has 0 aliphatic rings. The fourth-order valence-electron chi connectivity index (χ4n) is 1.10. The van der Waals surface area contributed by atoms with Crippen molar-refractivity contribution in [2.24, 2.45) is 0 Å². The van der Waals surface area contributed by atoms with E-state index in [2.05, 4.69) is 0 Å². The second-order valence-electron chi connectivity index (χ2n) is 2.91. The maximum absolute atomic E-state index is 12.3. The summed E-state index contributed by atoms with van der Waals surface area (Å²) in [6, 6.07) is 1.01. The first-order valence-electron chi connectivity index (χ1n) is 3.96. The number of ketones is 1.